The molecule has 104 valence electrons. The Hall–Kier alpha value is -1.06. The third-order valence-corrected chi connectivity index (χ3v) is 4.81. The number of likely N-dealkylation sites (N-methyl/N-ethyl adjacent to an activating group) is 1. The lowest BCUT2D eigenvalue weighted by Gasteiger charge is -2.39. The van der Waals surface area contributed by atoms with Gasteiger partial charge in [0, 0.05) is 24.3 Å². The summed E-state index contributed by atoms with van der Waals surface area (Å²) in [5, 5.41) is 0. The van der Waals surface area contributed by atoms with Crippen molar-refractivity contribution in [1.82, 2.24) is 9.80 Å². The van der Waals surface area contributed by atoms with Gasteiger partial charge < -0.3 is 10.6 Å². The van der Waals surface area contributed by atoms with Crippen LogP contribution in [0.4, 0.5) is 5.69 Å². The fourth-order valence-electron chi connectivity index (χ4n) is 3.68. The van der Waals surface area contributed by atoms with Crippen LogP contribution in [0.1, 0.15) is 36.4 Å². The van der Waals surface area contributed by atoms with E-state index < -0.39 is 0 Å². The van der Waals surface area contributed by atoms with Crippen LogP contribution in [0.3, 0.4) is 0 Å². The van der Waals surface area contributed by atoms with E-state index in [0.717, 1.165) is 5.69 Å². The molecule has 0 saturated carbocycles. The molecule has 2 N–H and O–H groups in total. The Morgan fingerprint density at radius 3 is 2.89 bits per heavy atom. The zero-order chi connectivity index (χ0) is 13.4. The predicted octanol–water partition coefficient (Wildman–Crippen LogP) is 2.28. The van der Waals surface area contributed by atoms with E-state index >= 15 is 0 Å². The molecule has 1 aliphatic heterocycles. The molecule has 3 heteroatoms. The molecule has 1 aromatic rings. The summed E-state index contributed by atoms with van der Waals surface area (Å²) in [7, 11) is 4.41. The second kappa shape index (κ2) is 5.14. The summed E-state index contributed by atoms with van der Waals surface area (Å²) in [5.74, 6) is 0. The first kappa shape index (κ1) is 12.9. The lowest BCUT2D eigenvalue weighted by atomic mass is 10.00. The van der Waals surface area contributed by atoms with Gasteiger partial charge in [-0.2, -0.15) is 0 Å². The Balaban J connectivity index is 1.78. The standard InChI is InChI=1S/C16H25N3/c1-18(2)14-4-3-9-19(11-14)16-8-5-12-10-13(17)6-7-15(12)16/h6-7,10,14,16H,3-5,8-9,11,17H2,1-2H3. The highest BCUT2D eigenvalue weighted by atomic mass is 15.2. The number of anilines is 1. The van der Waals surface area contributed by atoms with Crippen molar-refractivity contribution in [3.05, 3.63) is 29.3 Å². The van der Waals surface area contributed by atoms with Gasteiger partial charge in [0.1, 0.15) is 0 Å². The van der Waals surface area contributed by atoms with E-state index in [1.54, 1.807) is 0 Å². The maximum absolute atomic E-state index is 5.90. The largest absolute Gasteiger partial charge is 0.399 e. The van der Waals surface area contributed by atoms with Crippen LogP contribution < -0.4 is 5.73 Å². The van der Waals surface area contributed by atoms with E-state index in [1.165, 1.54) is 49.9 Å². The first-order chi connectivity index (χ1) is 9.15. The fourth-order valence-corrected chi connectivity index (χ4v) is 3.68. The van der Waals surface area contributed by atoms with E-state index in [2.05, 4.69) is 42.1 Å². The van der Waals surface area contributed by atoms with Crippen molar-refractivity contribution in [3.8, 4) is 0 Å². The Kier molecular flexibility index (Phi) is 3.50. The lowest BCUT2D eigenvalue weighted by molar-refractivity contribution is 0.0959. The second-order valence-corrected chi connectivity index (χ2v) is 6.27. The van der Waals surface area contributed by atoms with Crippen molar-refractivity contribution in [3.63, 3.8) is 0 Å². The topological polar surface area (TPSA) is 32.5 Å². The maximum atomic E-state index is 5.90. The number of hydrogen-bond acceptors (Lipinski definition) is 3. The van der Waals surface area contributed by atoms with Crippen LogP contribution in [0.5, 0.6) is 0 Å². The summed E-state index contributed by atoms with van der Waals surface area (Å²) in [5.41, 5.74) is 9.79. The number of hydrogen-bond donors (Lipinski definition) is 1. The van der Waals surface area contributed by atoms with E-state index in [0.29, 0.717) is 12.1 Å². The summed E-state index contributed by atoms with van der Waals surface area (Å²) < 4.78 is 0. The minimum atomic E-state index is 0.623. The van der Waals surface area contributed by atoms with Crippen LogP contribution in [0.25, 0.3) is 0 Å². The molecule has 3 rings (SSSR count). The highest BCUT2D eigenvalue weighted by Crippen LogP contribution is 2.38. The average molecular weight is 259 g/mol. The van der Waals surface area contributed by atoms with Crippen molar-refractivity contribution in [2.45, 2.75) is 37.8 Å². The number of aryl methyl sites for hydroxylation is 1. The average Bonchev–Trinajstić information content (AvgIpc) is 2.81. The molecule has 0 spiro atoms. The van der Waals surface area contributed by atoms with Crippen molar-refractivity contribution in [2.24, 2.45) is 0 Å². The van der Waals surface area contributed by atoms with Crippen LogP contribution in [0.2, 0.25) is 0 Å². The van der Waals surface area contributed by atoms with E-state index in [-0.39, 0.29) is 0 Å². The first-order valence-electron chi connectivity index (χ1n) is 7.44. The summed E-state index contributed by atoms with van der Waals surface area (Å²) in [6.07, 6.45) is 5.11. The summed E-state index contributed by atoms with van der Waals surface area (Å²) in [6, 6.07) is 7.82. The predicted molar refractivity (Wildman–Crippen MR) is 80.2 cm³/mol. The van der Waals surface area contributed by atoms with Crippen LogP contribution in [0.15, 0.2) is 18.2 Å². The minimum Gasteiger partial charge on any atom is -0.399 e. The Morgan fingerprint density at radius 1 is 1.26 bits per heavy atom. The molecule has 1 heterocycles. The molecule has 0 radical (unpaired) electrons. The number of fused-ring (bicyclic) bond motifs is 1. The molecule has 19 heavy (non-hydrogen) atoms. The van der Waals surface area contributed by atoms with Gasteiger partial charge in [-0.1, -0.05) is 6.07 Å². The van der Waals surface area contributed by atoms with Gasteiger partial charge in [-0.05, 0) is 69.6 Å². The van der Waals surface area contributed by atoms with Gasteiger partial charge in [0.15, 0.2) is 0 Å². The third kappa shape index (κ3) is 2.49. The third-order valence-electron chi connectivity index (χ3n) is 4.81. The molecule has 2 aliphatic rings. The second-order valence-electron chi connectivity index (χ2n) is 6.27. The molecule has 3 nitrogen and oxygen atoms in total. The summed E-state index contributed by atoms with van der Waals surface area (Å²) >= 11 is 0. The number of nitrogens with zero attached hydrogens (tertiary/aromatic N) is 2. The molecule has 2 atom stereocenters. The molecule has 1 saturated heterocycles. The number of nitrogens with two attached hydrogens (primary N) is 1. The van der Waals surface area contributed by atoms with E-state index in [4.69, 9.17) is 5.73 Å². The minimum absolute atomic E-state index is 0.623. The maximum Gasteiger partial charge on any atom is 0.0354 e. The molecule has 2 unspecified atom stereocenters. The number of nitrogen functional groups attached to an aromatic ring is 1. The monoisotopic (exact) mass is 259 g/mol. The number of rotatable bonds is 2. The van der Waals surface area contributed by atoms with Gasteiger partial charge >= 0.3 is 0 Å². The zero-order valence-electron chi connectivity index (χ0n) is 12.1. The molecular formula is C16H25N3. The molecule has 0 bridgehead atoms. The molecule has 0 amide bonds. The van der Waals surface area contributed by atoms with Gasteiger partial charge in [-0.25, -0.2) is 0 Å². The van der Waals surface area contributed by atoms with E-state index in [9.17, 15) is 0 Å². The molecule has 0 aromatic heterocycles. The van der Waals surface area contributed by atoms with Gasteiger partial charge in [-0.15, -0.1) is 0 Å². The van der Waals surface area contributed by atoms with Gasteiger partial charge in [0.25, 0.3) is 0 Å². The van der Waals surface area contributed by atoms with Crippen molar-refractivity contribution in [1.29, 1.82) is 0 Å². The van der Waals surface area contributed by atoms with Crippen LogP contribution in [-0.2, 0) is 6.42 Å². The molecular weight excluding hydrogens is 234 g/mol. The van der Waals surface area contributed by atoms with Crippen molar-refractivity contribution >= 4 is 5.69 Å². The molecule has 1 aromatic carbocycles. The Labute approximate surface area is 116 Å². The van der Waals surface area contributed by atoms with Gasteiger partial charge in [0.2, 0.25) is 0 Å². The van der Waals surface area contributed by atoms with Crippen LogP contribution in [-0.4, -0.2) is 43.0 Å². The van der Waals surface area contributed by atoms with Gasteiger partial charge in [0.05, 0.1) is 0 Å². The Bertz CT molecular complexity index is 455. The van der Waals surface area contributed by atoms with Crippen molar-refractivity contribution in [2.75, 3.05) is 32.9 Å². The van der Waals surface area contributed by atoms with Crippen LogP contribution >= 0.6 is 0 Å². The number of benzene rings is 1. The quantitative estimate of drug-likeness (QED) is 0.827. The number of piperidine rings is 1. The lowest BCUT2D eigenvalue weighted by Crippen LogP contribution is -2.46. The van der Waals surface area contributed by atoms with Crippen molar-refractivity contribution < 1.29 is 0 Å². The SMILES string of the molecule is CN(C)C1CCCN(C2CCc3cc(N)ccc32)C1. The highest BCUT2D eigenvalue weighted by Gasteiger charge is 2.31. The fraction of sp³-hybridized carbons (Fsp3) is 0.625. The molecule has 1 aliphatic carbocycles. The van der Waals surface area contributed by atoms with E-state index in [1.807, 2.05) is 0 Å². The molecule has 1 fully saturated rings. The Morgan fingerprint density at radius 2 is 2.11 bits per heavy atom. The van der Waals surface area contributed by atoms with Gasteiger partial charge in [-0.3, -0.25) is 4.90 Å². The first-order valence-corrected chi connectivity index (χ1v) is 7.44. The zero-order valence-corrected chi connectivity index (χ0v) is 12.1. The summed E-state index contributed by atoms with van der Waals surface area (Å²) in [6.45, 7) is 2.46. The van der Waals surface area contributed by atoms with Crippen LogP contribution in [0, 0.1) is 0 Å². The number of likely N-dealkylation sites (tertiary alicyclic amines) is 1. The summed E-state index contributed by atoms with van der Waals surface area (Å²) in [4.78, 5) is 5.07. The highest BCUT2D eigenvalue weighted by molar-refractivity contribution is 5.47. The normalized spacial score (nSPS) is 27.7. The smallest absolute Gasteiger partial charge is 0.0354 e.